The fraction of sp³-hybridized carbons (Fsp3) is 0.333. The molecule has 3 aliphatic heterocycles. The number of nitrogens with one attached hydrogen (secondary N) is 2. The third-order valence-electron chi connectivity index (χ3n) is 9.74. The molecule has 4 amide bonds. The van der Waals surface area contributed by atoms with Gasteiger partial charge in [-0.25, -0.2) is 9.97 Å². The number of imide groups is 2. The van der Waals surface area contributed by atoms with Gasteiger partial charge >= 0.3 is 0 Å². The molecule has 1 unspecified atom stereocenters. The fourth-order valence-corrected chi connectivity index (χ4v) is 6.47. The molecule has 2 N–H and O–H groups in total. The number of fused-ring (bicyclic) bond motifs is 1. The molecule has 3 aliphatic rings. The van der Waals surface area contributed by atoms with Gasteiger partial charge in [-0.3, -0.25) is 29.4 Å². The summed E-state index contributed by atoms with van der Waals surface area (Å²) >= 11 is 0. The largest absolute Gasteiger partial charge is 0.494 e. The number of rotatable bonds is 13. The van der Waals surface area contributed by atoms with Gasteiger partial charge in [0.05, 0.1) is 23.4 Å². The second-order valence-electron chi connectivity index (χ2n) is 13.5. The lowest BCUT2D eigenvalue weighted by Gasteiger charge is -2.30. The van der Waals surface area contributed by atoms with Crippen molar-refractivity contribution in [2.45, 2.75) is 57.6 Å². The Kier molecular flexibility index (Phi) is 9.40. The van der Waals surface area contributed by atoms with E-state index in [0.717, 1.165) is 52.3 Å². The van der Waals surface area contributed by atoms with Crippen molar-refractivity contribution in [2.24, 2.45) is 0 Å². The van der Waals surface area contributed by atoms with Crippen molar-refractivity contribution in [3.63, 3.8) is 0 Å². The topological polar surface area (TPSA) is 143 Å². The van der Waals surface area contributed by atoms with E-state index in [-0.39, 0.29) is 29.4 Å². The third-order valence-corrected chi connectivity index (χ3v) is 9.74. The Morgan fingerprint density at radius 1 is 0.863 bits per heavy atom. The minimum absolute atomic E-state index is 0.0820. The summed E-state index contributed by atoms with van der Waals surface area (Å²) in [6.07, 6.45) is 3.87. The third kappa shape index (κ3) is 7.12. The van der Waals surface area contributed by atoms with Gasteiger partial charge in [0.1, 0.15) is 24.1 Å². The van der Waals surface area contributed by atoms with E-state index in [9.17, 15) is 19.2 Å². The highest BCUT2D eigenvalue weighted by Crippen LogP contribution is 2.34. The van der Waals surface area contributed by atoms with Crippen LogP contribution in [0.15, 0.2) is 79.0 Å². The highest BCUT2D eigenvalue weighted by molar-refractivity contribution is 6.23. The van der Waals surface area contributed by atoms with Crippen LogP contribution in [-0.2, 0) is 21.6 Å². The average molecular weight is 689 g/mol. The first-order chi connectivity index (χ1) is 24.7. The second kappa shape index (κ2) is 14.2. The van der Waals surface area contributed by atoms with Crippen LogP contribution in [0.25, 0.3) is 0 Å². The highest BCUT2D eigenvalue weighted by Gasteiger charge is 2.44. The van der Waals surface area contributed by atoms with Gasteiger partial charge in [-0.2, -0.15) is 0 Å². The van der Waals surface area contributed by atoms with Crippen LogP contribution in [0.3, 0.4) is 0 Å². The molecule has 0 saturated carbocycles. The van der Waals surface area contributed by atoms with Gasteiger partial charge in [-0.05, 0) is 78.9 Å². The molecule has 0 spiro atoms. The van der Waals surface area contributed by atoms with Gasteiger partial charge in [0.15, 0.2) is 0 Å². The molecule has 7 rings (SSSR count). The van der Waals surface area contributed by atoms with Crippen molar-refractivity contribution in [2.75, 3.05) is 36.5 Å². The number of piperidine rings is 1. The summed E-state index contributed by atoms with van der Waals surface area (Å²) in [4.78, 5) is 62.0. The SMILES string of the molecule is CC(C)(c1ccc(OCCCNc2ccc3c(c2)C(=O)N(C2CCC(=O)NC2=O)C3=O)cc1)c1ccc(OCc2ccnc(N3CCC3)n2)cc1. The maximum Gasteiger partial charge on any atom is 0.262 e. The number of hydrogen-bond acceptors (Lipinski definition) is 10. The van der Waals surface area contributed by atoms with Crippen molar-refractivity contribution < 1.29 is 28.7 Å². The molecule has 0 bridgehead atoms. The predicted octanol–water partition coefficient (Wildman–Crippen LogP) is 4.87. The monoisotopic (exact) mass is 688 g/mol. The van der Waals surface area contributed by atoms with Gasteiger partial charge in [-0.15, -0.1) is 0 Å². The zero-order chi connectivity index (χ0) is 35.5. The number of anilines is 2. The highest BCUT2D eigenvalue weighted by atomic mass is 16.5. The quantitative estimate of drug-likeness (QED) is 0.148. The Morgan fingerprint density at radius 3 is 2.22 bits per heavy atom. The zero-order valence-corrected chi connectivity index (χ0v) is 28.7. The predicted molar refractivity (Wildman–Crippen MR) is 190 cm³/mol. The molecule has 262 valence electrons. The molecular formula is C39H40N6O6. The Labute approximate surface area is 296 Å². The molecule has 51 heavy (non-hydrogen) atoms. The summed E-state index contributed by atoms with van der Waals surface area (Å²) in [5.74, 6) is 0.250. The lowest BCUT2D eigenvalue weighted by molar-refractivity contribution is -0.136. The van der Waals surface area contributed by atoms with E-state index in [2.05, 4.69) is 63.6 Å². The van der Waals surface area contributed by atoms with Gasteiger partial charge in [-0.1, -0.05) is 38.1 Å². The molecule has 0 radical (unpaired) electrons. The molecule has 2 saturated heterocycles. The lowest BCUT2D eigenvalue weighted by atomic mass is 9.78. The summed E-state index contributed by atoms with van der Waals surface area (Å²) in [6.45, 7) is 7.84. The number of nitrogens with zero attached hydrogens (tertiary/aromatic N) is 4. The van der Waals surface area contributed by atoms with Crippen LogP contribution in [0.5, 0.6) is 11.5 Å². The smallest absolute Gasteiger partial charge is 0.262 e. The van der Waals surface area contributed by atoms with E-state index in [0.29, 0.717) is 31.9 Å². The van der Waals surface area contributed by atoms with Crippen LogP contribution in [0, 0.1) is 0 Å². The van der Waals surface area contributed by atoms with E-state index in [1.165, 1.54) is 6.42 Å². The Hall–Kier alpha value is -5.78. The number of benzene rings is 3. The van der Waals surface area contributed by atoms with Crippen LogP contribution in [-0.4, -0.2) is 70.8 Å². The molecule has 3 aromatic carbocycles. The van der Waals surface area contributed by atoms with Gasteiger partial charge < -0.3 is 19.7 Å². The van der Waals surface area contributed by atoms with Crippen LogP contribution >= 0.6 is 0 Å². The summed E-state index contributed by atoms with van der Waals surface area (Å²) < 4.78 is 12.0. The van der Waals surface area contributed by atoms with Crippen LogP contribution in [0.1, 0.15) is 77.1 Å². The molecule has 0 aliphatic carbocycles. The van der Waals surface area contributed by atoms with Crippen molar-refractivity contribution in [3.8, 4) is 11.5 Å². The summed E-state index contributed by atoms with van der Waals surface area (Å²) in [6, 6.07) is 22.2. The van der Waals surface area contributed by atoms with Gasteiger partial charge in [0.25, 0.3) is 11.8 Å². The molecular weight excluding hydrogens is 648 g/mol. The molecule has 4 aromatic rings. The lowest BCUT2D eigenvalue weighted by Crippen LogP contribution is -2.54. The van der Waals surface area contributed by atoms with Crippen LogP contribution < -0.4 is 25.0 Å². The van der Waals surface area contributed by atoms with Crippen molar-refractivity contribution in [1.82, 2.24) is 20.2 Å². The van der Waals surface area contributed by atoms with E-state index in [1.807, 2.05) is 30.3 Å². The summed E-state index contributed by atoms with van der Waals surface area (Å²) in [7, 11) is 0. The summed E-state index contributed by atoms with van der Waals surface area (Å²) in [5.41, 5.74) is 4.12. The second-order valence-corrected chi connectivity index (χ2v) is 13.5. The van der Waals surface area contributed by atoms with Crippen molar-refractivity contribution in [1.29, 1.82) is 0 Å². The maximum atomic E-state index is 13.1. The minimum atomic E-state index is -0.985. The molecule has 12 nitrogen and oxygen atoms in total. The normalized spacial score (nSPS) is 17.2. The number of hydrogen-bond donors (Lipinski definition) is 2. The first-order valence-corrected chi connectivity index (χ1v) is 17.3. The zero-order valence-electron chi connectivity index (χ0n) is 28.7. The van der Waals surface area contributed by atoms with Gasteiger partial charge in [0.2, 0.25) is 17.8 Å². The number of aromatic nitrogens is 2. The van der Waals surface area contributed by atoms with E-state index in [1.54, 1.807) is 24.4 Å². The molecule has 12 heteroatoms. The van der Waals surface area contributed by atoms with E-state index < -0.39 is 29.7 Å². The molecule has 4 heterocycles. The number of carbonyl (C=O) groups is 4. The first kappa shape index (κ1) is 33.7. The fourth-order valence-electron chi connectivity index (χ4n) is 6.47. The van der Waals surface area contributed by atoms with Crippen molar-refractivity contribution in [3.05, 3.63) is 107 Å². The standard InChI is InChI=1S/C39H40N6O6/c1-39(2,26-7-12-30(13-8-26)51-24-28-17-19-41-38(42-28)44-20-4-21-44)25-5-10-29(11-6-25)50-22-3-18-40-27-9-14-31-32(23-27)37(49)45(36(31)48)33-15-16-34(46)43-35(33)47/h5-14,17,19,23,33,40H,3-4,15-16,18,20-22,24H2,1-2H3,(H,43,46,47). The maximum absolute atomic E-state index is 13.1. The summed E-state index contributed by atoms with van der Waals surface area (Å²) in [5, 5.41) is 5.49. The Morgan fingerprint density at radius 2 is 1.55 bits per heavy atom. The van der Waals surface area contributed by atoms with Crippen LogP contribution in [0.2, 0.25) is 0 Å². The van der Waals surface area contributed by atoms with Crippen molar-refractivity contribution >= 4 is 35.3 Å². The Balaban J connectivity index is 0.866. The number of carbonyl (C=O) groups excluding carboxylic acids is 4. The van der Waals surface area contributed by atoms with Gasteiger partial charge in [0, 0.05) is 43.4 Å². The molecule has 2 fully saturated rings. The first-order valence-electron chi connectivity index (χ1n) is 17.3. The minimum Gasteiger partial charge on any atom is -0.494 e. The molecule has 1 atom stereocenters. The van der Waals surface area contributed by atoms with Crippen LogP contribution in [0.4, 0.5) is 11.6 Å². The van der Waals surface area contributed by atoms with E-state index in [4.69, 9.17) is 9.47 Å². The number of amides is 4. The molecule has 1 aromatic heterocycles. The number of ether oxygens (including phenoxy) is 2. The average Bonchev–Trinajstić information content (AvgIpc) is 3.35. The Bertz CT molecular complexity index is 1960. The van der Waals surface area contributed by atoms with E-state index >= 15 is 0 Å².